The standard InChI is InChI=1S/C16H27NO2/c1-14-8-4-5-9-16(14)15(2)17-10-6-7-11-19-13-12-18-3/h4-5,8-9,15,17H,6-7,10-13H2,1-3H3. The number of hydrogen-bond donors (Lipinski definition) is 1. The van der Waals surface area contributed by atoms with Crippen molar-refractivity contribution in [2.45, 2.75) is 32.7 Å². The zero-order valence-electron chi connectivity index (χ0n) is 12.4. The zero-order valence-corrected chi connectivity index (χ0v) is 12.4. The summed E-state index contributed by atoms with van der Waals surface area (Å²) in [5.41, 5.74) is 2.74. The monoisotopic (exact) mass is 265 g/mol. The van der Waals surface area contributed by atoms with Crippen LogP contribution in [-0.4, -0.2) is 33.5 Å². The fraction of sp³-hybridized carbons (Fsp3) is 0.625. The predicted octanol–water partition coefficient (Wildman–Crippen LogP) is 3.09. The Kier molecular flexibility index (Phi) is 8.47. The van der Waals surface area contributed by atoms with Gasteiger partial charge in [-0.1, -0.05) is 24.3 Å². The van der Waals surface area contributed by atoms with Gasteiger partial charge in [-0.15, -0.1) is 0 Å². The van der Waals surface area contributed by atoms with Crippen molar-refractivity contribution in [2.24, 2.45) is 0 Å². The summed E-state index contributed by atoms with van der Waals surface area (Å²) in [4.78, 5) is 0. The minimum absolute atomic E-state index is 0.413. The third-order valence-corrected chi connectivity index (χ3v) is 3.25. The highest BCUT2D eigenvalue weighted by atomic mass is 16.5. The van der Waals surface area contributed by atoms with E-state index in [0.29, 0.717) is 19.3 Å². The predicted molar refractivity (Wildman–Crippen MR) is 79.5 cm³/mol. The molecule has 0 bridgehead atoms. The van der Waals surface area contributed by atoms with Crippen molar-refractivity contribution in [2.75, 3.05) is 33.5 Å². The number of benzene rings is 1. The first-order chi connectivity index (χ1) is 9.25. The second-order valence-corrected chi connectivity index (χ2v) is 4.84. The van der Waals surface area contributed by atoms with Crippen molar-refractivity contribution in [3.8, 4) is 0 Å². The second kappa shape index (κ2) is 9.96. The van der Waals surface area contributed by atoms with E-state index in [-0.39, 0.29) is 0 Å². The van der Waals surface area contributed by atoms with Crippen LogP contribution in [0.1, 0.15) is 36.9 Å². The van der Waals surface area contributed by atoms with Crippen molar-refractivity contribution >= 4 is 0 Å². The van der Waals surface area contributed by atoms with Crippen molar-refractivity contribution in [1.29, 1.82) is 0 Å². The van der Waals surface area contributed by atoms with E-state index in [1.807, 2.05) is 0 Å². The molecule has 0 saturated carbocycles. The molecule has 0 aliphatic carbocycles. The van der Waals surface area contributed by atoms with E-state index in [9.17, 15) is 0 Å². The van der Waals surface area contributed by atoms with Crippen molar-refractivity contribution < 1.29 is 9.47 Å². The van der Waals surface area contributed by atoms with Gasteiger partial charge in [-0.3, -0.25) is 0 Å². The number of nitrogens with one attached hydrogen (secondary N) is 1. The number of ether oxygens (including phenoxy) is 2. The molecular formula is C16H27NO2. The first-order valence-electron chi connectivity index (χ1n) is 7.11. The summed E-state index contributed by atoms with van der Waals surface area (Å²) in [6.45, 7) is 7.62. The number of hydrogen-bond acceptors (Lipinski definition) is 3. The molecule has 1 aromatic carbocycles. The second-order valence-electron chi connectivity index (χ2n) is 4.84. The summed E-state index contributed by atoms with van der Waals surface area (Å²) < 4.78 is 10.4. The molecule has 0 aromatic heterocycles. The summed E-state index contributed by atoms with van der Waals surface area (Å²) in [7, 11) is 1.69. The highest BCUT2D eigenvalue weighted by Crippen LogP contribution is 2.16. The Morgan fingerprint density at radius 2 is 1.89 bits per heavy atom. The maximum atomic E-state index is 5.43. The van der Waals surface area contributed by atoms with Crippen LogP contribution in [0.4, 0.5) is 0 Å². The van der Waals surface area contributed by atoms with E-state index < -0.39 is 0 Å². The van der Waals surface area contributed by atoms with Gasteiger partial charge in [-0.2, -0.15) is 0 Å². The summed E-state index contributed by atoms with van der Waals surface area (Å²) in [6.07, 6.45) is 2.24. The lowest BCUT2D eigenvalue weighted by Gasteiger charge is -2.16. The molecule has 1 aromatic rings. The minimum Gasteiger partial charge on any atom is -0.382 e. The molecular weight excluding hydrogens is 238 g/mol. The molecule has 0 aliphatic heterocycles. The van der Waals surface area contributed by atoms with E-state index in [4.69, 9.17) is 9.47 Å². The molecule has 0 spiro atoms. The van der Waals surface area contributed by atoms with Crippen LogP contribution >= 0.6 is 0 Å². The Labute approximate surface area is 117 Å². The number of rotatable bonds is 10. The lowest BCUT2D eigenvalue weighted by molar-refractivity contribution is 0.0687. The van der Waals surface area contributed by atoms with E-state index in [1.165, 1.54) is 11.1 Å². The summed E-state index contributed by atoms with van der Waals surface area (Å²) in [5.74, 6) is 0. The van der Waals surface area contributed by atoms with Gasteiger partial charge in [-0.25, -0.2) is 0 Å². The molecule has 0 heterocycles. The van der Waals surface area contributed by atoms with Gasteiger partial charge >= 0.3 is 0 Å². The van der Waals surface area contributed by atoms with Crippen LogP contribution in [-0.2, 0) is 9.47 Å². The first-order valence-corrected chi connectivity index (χ1v) is 7.11. The van der Waals surface area contributed by atoms with E-state index in [1.54, 1.807) is 7.11 Å². The van der Waals surface area contributed by atoms with Crippen molar-refractivity contribution in [1.82, 2.24) is 5.32 Å². The molecule has 19 heavy (non-hydrogen) atoms. The molecule has 1 rings (SSSR count). The van der Waals surface area contributed by atoms with Gasteiger partial charge in [0.15, 0.2) is 0 Å². The average Bonchev–Trinajstić information content (AvgIpc) is 2.42. The fourth-order valence-corrected chi connectivity index (χ4v) is 2.07. The molecule has 0 amide bonds. The van der Waals surface area contributed by atoms with Crippen LogP contribution in [0.3, 0.4) is 0 Å². The Bertz CT molecular complexity index is 341. The molecule has 0 fully saturated rings. The minimum atomic E-state index is 0.413. The Morgan fingerprint density at radius 1 is 1.11 bits per heavy atom. The molecule has 3 heteroatoms. The molecule has 1 unspecified atom stereocenters. The number of unbranched alkanes of at least 4 members (excludes halogenated alkanes) is 1. The normalized spacial score (nSPS) is 12.6. The average molecular weight is 265 g/mol. The van der Waals surface area contributed by atoms with Crippen LogP contribution in [0.15, 0.2) is 24.3 Å². The van der Waals surface area contributed by atoms with Crippen LogP contribution in [0, 0.1) is 6.92 Å². The summed E-state index contributed by atoms with van der Waals surface area (Å²) >= 11 is 0. The molecule has 0 aliphatic rings. The Balaban J connectivity index is 2.08. The van der Waals surface area contributed by atoms with Gasteiger partial charge in [0.05, 0.1) is 13.2 Å². The van der Waals surface area contributed by atoms with Crippen LogP contribution in [0.25, 0.3) is 0 Å². The quantitative estimate of drug-likeness (QED) is 0.659. The lowest BCUT2D eigenvalue weighted by atomic mass is 10.0. The maximum Gasteiger partial charge on any atom is 0.0700 e. The highest BCUT2D eigenvalue weighted by Gasteiger charge is 2.06. The van der Waals surface area contributed by atoms with Crippen molar-refractivity contribution in [3.63, 3.8) is 0 Å². The van der Waals surface area contributed by atoms with Gasteiger partial charge in [-0.05, 0) is 44.4 Å². The third-order valence-electron chi connectivity index (χ3n) is 3.25. The molecule has 0 saturated heterocycles. The van der Waals surface area contributed by atoms with E-state index >= 15 is 0 Å². The van der Waals surface area contributed by atoms with Gasteiger partial charge < -0.3 is 14.8 Å². The first kappa shape index (κ1) is 16.2. The van der Waals surface area contributed by atoms with Crippen LogP contribution in [0.5, 0.6) is 0 Å². The largest absolute Gasteiger partial charge is 0.382 e. The Morgan fingerprint density at radius 3 is 2.63 bits per heavy atom. The van der Waals surface area contributed by atoms with Crippen LogP contribution < -0.4 is 5.32 Å². The van der Waals surface area contributed by atoms with Gasteiger partial charge in [0.1, 0.15) is 0 Å². The third kappa shape index (κ3) is 6.71. The smallest absolute Gasteiger partial charge is 0.0700 e. The zero-order chi connectivity index (χ0) is 13.9. The van der Waals surface area contributed by atoms with E-state index in [2.05, 4.69) is 43.4 Å². The molecule has 108 valence electrons. The fourth-order valence-electron chi connectivity index (χ4n) is 2.07. The highest BCUT2D eigenvalue weighted by molar-refractivity contribution is 5.28. The van der Waals surface area contributed by atoms with Gasteiger partial charge in [0.25, 0.3) is 0 Å². The Hall–Kier alpha value is -0.900. The van der Waals surface area contributed by atoms with Gasteiger partial charge in [0.2, 0.25) is 0 Å². The maximum absolute atomic E-state index is 5.43. The number of aryl methyl sites for hydroxylation is 1. The molecule has 1 N–H and O–H groups in total. The van der Waals surface area contributed by atoms with Crippen molar-refractivity contribution in [3.05, 3.63) is 35.4 Å². The SMILES string of the molecule is COCCOCCCCNC(C)c1ccccc1C. The summed E-state index contributed by atoms with van der Waals surface area (Å²) in [5, 5.41) is 3.56. The topological polar surface area (TPSA) is 30.5 Å². The lowest BCUT2D eigenvalue weighted by Crippen LogP contribution is -2.20. The molecule has 0 radical (unpaired) electrons. The van der Waals surface area contributed by atoms with Crippen LogP contribution in [0.2, 0.25) is 0 Å². The summed E-state index contributed by atoms with van der Waals surface area (Å²) in [6, 6.07) is 8.96. The number of methoxy groups -OCH3 is 1. The molecule has 3 nitrogen and oxygen atoms in total. The molecule has 1 atom stereocenters. The van der Waals surface area contributed by atoms with Gasteiger partial charge in [0, 0.05) is 19.8 Å². The van der Waals surface area contributed by atoms with E-state index in [0.717, 1.165) is 26.0 Å².